The molecule has 0 N–H and O–H groups in total. The van der Waals surface area contributed by atoms with Gasteiger partial charge in [0.15, 0.2) is 0 Å². The predicted molar refractivity (Wildman–Crippen MR) is 120 cm³/mol. The number of carboxylic acid groups (broad SMARTS) is 1. The van der Waals surface area contributed by atoms with E-state index in [1.165, 1.54) is 63.4 Å². The molecule has 3 nitrogen and oxygen atoms in total. The van der Waals surface area contributed by atoms with E-state index in [1.807, 2.05) is 0 Å². The minimum Gasteiger partial charge on any atom is -0.550 e. The summed E-state index contributed by atoms with van der Waals surface area (Å²) in [6.07, 6.45) is 18.6. The van der Waals surface area contributed by atoms with Gasteiger partial charge in [0.05, 0.1) is 6.10 Å². The number of benzene rings is 1. The summed E-state index contributed by atoms with van der Waals surface area (Å²) in [6.45, 7) is 4.39. The molecule has 0 amide bonds. The molecule has 1 aromatic carbocycles. The molecular weight excluding hydrogens is 383 g/mol. The molecule has 1 atom stereocenters. The first-order valence-electron chi connectivity index (χ1n) is 12.1. The Morgan fingerprint density at radius 3 is 1.70 bits per heavy atom. The number of ether oxygens (including phenoxy) is 1. The van der Waals surface area contributed by atoms with Gasteiger partial charge in [-0.15, -0.1) is 0 Å². The molecule has 0 aliphatic heterocycles. The first kappa shape index (κ1) is 29.5. The van der Waals surface area contributed by atoms with Crippen LogP contribution in [-0.4, -0.2) is 12.1 Å². The van der Waals surface area contributed by atoms with Crippen molar-refractivity contribution in [3.05, 3.63) is 29.8 Å². The Kier molecular flexibility index (Phi) is 20.0. The van der Waals surface area contributed by atoms with Gasteiger partial charge in [-0.1, -0.05) is 90.2 Å². The second kappa shape index (κ2) is 20.4. The van der Waals surface area contributed by atoms with E-state index in [0.717, 1.165) is 44.3 Å². The second-order valence-electron chi connectivity index (χ2n) is 8.30. The van der Waals surface area contributed by atoms with Crippen LogP contribution in [-0.2, 0) is 11.2 Å². The maximum Gasteiger partial charge on any atom is 1.00 e. The molecule has 0 aliphatic carbocycles. The molecule has 1 unspecified atom stereocenters. The van der Waals surface area contributed by atoms with Crippen LogP contribution >= 0.6 is 0 Å². The third kappa shape index (κ3) is 16.2. The molecule has 1 aromatic rings. The molecule has 0 aliphatic rings. The molecule has 166 valence electrons. The Morgan fingerprint density at radius 1 is 0.800 bits per heavy atom. The van der Waals surface area contributed by atoms with Crippen LogP contribution in [0.5, 0.6) is 5.75 Å². The summed E-state index contributed by atoms with van der Waals surface area (Å²) in [4.78, 5) is 10.3. The van der Waals surface area contributed by atoms with Gasteiger partial charge in [0, 0.05) is 5.97 Å². The average Bonchev–Trinajstić information content (AvgIpc) is 2.73. The van der Waals surface area contributed by atoms with Crippen molar-refractivity contribution in [2.75, 3.05) is 0 Å². The molecule has 0 aromatic heterocycles. The average molecular weight is 427 g/mol. The molecule has 1 rings (SSSR count). The maximum atomic E-state index is 10.3. The zero-order valence-electron chi connectivity index (χ0n) is 19.9. The number of aryl methyl sites for hydroxylation is 1. The number of aliphatic carboxylic acids is 1. The number of unbranched alkanes of at least 4 members (excludes halogenated alkanes) is 11. The molecule has 0 spiro atoms. The zero-order chi connectivity index (χ0) is 21.2. The molecule has 30 heavy (non-hydrogen) atoms. The van der Waals surface area contributed by atoms with Crippen molar-refractivity contribution in [2.24, 2.45) is 0 Å². The molecule has 0 saturated heterocycles. The van der Waals surface area contributed by atoms with Gasteiger partial charge >= 0.3 is 29.6 Å². The van der Waals surface area contributed by atoms with Gasteiger partial charge < -0.3 is 14.6 Å². The smallest absolute Gasteiger partial charge is 0.550 e. The van der Waals surface area contributed by atoms with Crippen LogP contribution in [0.25, 0.3) is 0 Å². The summed E-state index contributed by atoms with van der Waals surface area (Å²) in [5.41, 5.74) is 1.36. The van der Waals surface area contributed by atoms with E-state index < -0.39 is 5.97 Å². The van der Waals surface area contributed by atoms with Crippen LogP contribution in [0, 0.1) is 0 Å². The molecule has 0 heterocycles. The van der Waals surface area contributed by atoms with Crippen LogP contribution in [0.3, 0.4) is 0 Å². The fraction of sp³-hybridized carbons (Fsp3) is 0.731. The van der Waals surface area contributed by atoms with E-state index in [0.29, 0.717) is 6.10 Å². The fourth-order valence-corrected chi connectivity index (χ4v) is 3.75. The van der Waals surface area contributed by atoms with Crippen molar-refractivity contribution in [3.63, 3.8) is 0 Å². The van der Waals surface area contributed by atoms with E-state index >= 15 is 0 Å². The summed E-state index contributed by atoms with van der Waals surface area (Å²) in [6, 6.07) is 8.54. The topological polar surface area (TPSA) is 49.4 Å². The first-order valence-corrected chi connectivity index (χ1v) is 12.1. The third-order valence-corrected chi connectivity index (χ3v) is 5.75. The van der Waals surface area contributed by atoms with Crippen molar-refractivity contribution >= 4 is 5.97 Å². The molecule has 0 fully saturated rings. The van der Waals surface area contributed by atoms with E-state index in [1.54, 1.807) is 0 Å². The van der Waals surface area contributed by atoms with Crippen molar-refractivity contribution < 1.29 is 44.2 Å². The summed E-state index contributed by atoms with van der Waals surface area (Å²) < 4.78 is 6.15. The van der Waals surface area contributed by atoms with Crippen molar-refractivity contribution in [2.45, 2.75) is 123 Å². The van der Waals surface area contributed by atoms with Gasteiger partial charge in [0.25, 0.3) is 0 Å². The quantitative estimate of drug-likeness (QED) is 0.251. The summed E-state index contributed by atoms with van der Waals surface area (Å²) >= 11 is 0. The molecule has 0 saturated carbocycles. The van der Waals surface area contributed by atoms with Gasteiger partial charge in [0.2, 0.25) is 0 Å². The molecule has 0 radical (unpaired) electrons. The standard InChI is InChI=1S/C26H44O3.Na/c1-3-23-19-21-25(22-20-23)29-24(4-2)17-15-13-11-9-7-5-6-8-10-12-14-16-18-26(27)28;/h19-22,24H,3-18H2,1-2H3,(H,27,28);/q;+1/p-1. The third-order valence-electron chi connectivity index (χ3n) is 5.75. The Morgan fingerprint density at radius 2 is 1.27 bits per heavy atom. The Hall–Kier alpha value is -0.510. The zero-order valence-corrected chi connectivity index (χ0v) is 21.9. The Labute approximate surface area is 207 Å². The number of hydrogen-bond donors (Lipinski definition) is 0. The molecule has 4 heteroatoms. The number of carbonyl (C=O) groups is 1. The first-order chi connectivity index (χ1) is 14.2. The van der Waals surface area contributed by atoms with E-state index in [-0.39, 0.29) is 36.0 Å². The minimum absolute atomic E-state index is 0. The van der Waals surface area contributed by atoms with Crippen molar-refractivity contribution in [1.29, 1.82) is 0 Å². The van der Waals surface area contributed by atoms with Gasteiger partial charge in [-0.2, -0.15) is 0 Å². The predicted octanol–water partition coefficient (Wildman–Crippen LogP) is 3.62. The maximum absolute atomic E-state index is 10.3. The fourth-order valence-electron chi connectivity index (χ4n) is 3.75. The number of carboxylic acids is 1. The van der Waals surface area contributed by atoms with Gasteiger partial charge in [0.1, 0.15) is 5.75 Å². The number of hydrogen-bond acceptors (Lipinski definition) is 3. The monoisotopic (exact) mass is 426 g/mol. The van der Waals surface area contributed by atoms with Gasteiger partial charge in [-0.3, -0.25) is 0 Å². The number of carbonyl (C=O) groups excluding carboxylic acids is 1. The molecular formula is C26H43NaO3. The summed E-state index contributed by atoms with van der Waals surface area (Å²) in [5, 5.41) is 10.3. The minimum atomic E-state index is -0.913. The molecule has 0 bridgehead atoms. The van der Waals surface area contributed by atoms with Gasteiger partial charge in [-0.05, 0) is 56.2 Å². The van der Waals surface area contributed by atoms with Gasteiger partial charge in [-0.25, -0.2) is 0 Å². The van der Waals surface area contributed by atoms with Crippen LogP contribution in [0.1, 0.15) is 116 Å². The summed E-state index contributed by atoms with van der Waals surface area (Å²) in [7, 11) is 0. The SMILES string of the molecule is CCc1ccc(OC(CC)CCCCCCCCCCCCCCC(=O)[O-])cc1.[Na+]. The second-order valence-corrected chi connectivity index (χ2v) is 8.30. The van der Waals surface area contributed by atoms with Crippen LogP contribution in [0.2, 0.25) is 0 Å². The Bertz CT molecular complexity index is 516. The summed E-state index contributed by atoms with van der Waals surface area (Å²) in [5.74, 6) is 0.0948. The van der Waals surface area contributed by atoms with E-state index in [4.69, 9.17) is 4.74 Å². The van der Waals surface area contributed by atoms with Crippen LogP contribution in [0.15, 0.2) is 24.3 Å². The largest absolute Gasteiger partial charge is 1.00 e. The normalized spacial score (nSPS) is 11.7. The van der Waals surface area contributed by atoms with Crippen LogP contribution < -0.4 is 39.4 Å². The Balaban J connectivity index is 0.00000841. The van der Waals surface area contributed by atoms with Crippen molar-refractivity contribution in [1.82, 2.24) is 0 Å². The van der Waals surface area contributed by atoms with E-state index in [9.17, 15) is 9.90 Å². The van der Waals surface area contributed by atoms with Crippen molar-refractivity contribution in [3.8, 4) is 5.75 Å². The van der Waals surface area contributed by atoms with Crippen LogP contribution in [0.4, 0.5) is 0 Å². The van der Waals surface area contributed by atoms with E-state index in [2.05, 4.69) is 38.1 Å². The number of rotatable bonds is 19.